The van der Waals surface area contributed by atoms with Gasteiger partial charge < -0.3 is 9.84 Å². The summed E-state index contributed by atoms with van der Waals surface area (Å²) in [4.78, 5) is 2.23. The topological polar surface area (TPSA) is 70.1 Å². The van der Waals surface area contributed by atoms with E-state index in [1.807, 2.05) is 4.90 Å². The second kappa shape index (κ2) is 9.32. The van der Waals surface area contributed by atoms with E-state index in [0.717, 1.165) is 0 Å². The molecule has 0 amide bonds. The van der Waals surface area contributed by atoms with Gasteiger partial charge in [0.05, 0.1) is 4.90 Å². The molecular weight excluding hydrogens is 451 g/mol. The lowest BCUT2D eigenvalue weighted by Gasteiger charge is -2.34. The van der Waals surface area contributed by atoms with Gasteiger partial charge in [-0.15, -0.1) is 0 Å². The summed E-state index contributed by atoms with van der Waals surface area (Å²) in [5.74, 6) is -0.368. The molecule has 0 bridgehead atoms. The Balaban J connectivity index is 1.49. The van der Waals surface area contributed by atoms with Crippen LogP contribution in [0.2, 0.25) is 0 Å². The van der Waals surface area contributed by atoms with E-state index in [1.54, 1.807) is 36.4 Å². The summed E-state index contributed by atoms with van der Waals surface area (Å²) in [7, 11) is -3.54. The minimum atomic E-state index is -3.54. The van der Waals surface area contributed by atoms with Gasteiger partial charge in [0.2, 0.25) is 10.0 Å². The number of para-hydroxylation sites is 1. The smallest absolute Gasteiger partial charge is 0.243 e. The molecule has 1 heterocycles. The number of nitrogens with zero attached hydrogens (tertiary/aromatic N) is 2. The number of piperazine rings is 1. The summed E-state index contributed by atoms with van der Waals surface area (Å²) in [5, 5.41) is 10.2. The predicted octanol–water partition coefficient (Wildman–Crippen LogP) is 2.33. The first kappa shape index (κ1) is 21.2. The van der Waals surface area contributed by atoms with Gasteiger partial charge in [-0.2, -0.15) is 4.31 Å². The molecule has 1 saturated heterocycles. The predicted molar refractivity (Wildman–Crippen MR) is 107 cm³/mol. The van der Waals surface area contributed by atoms with Gasteiger partial charge in [-0.25, -0.2) is 12.8 Å². The maximum absolute atomic E-state index is 13.5. The normalized spacial score (nSPS) is 17.4. The third-order valence-electron chi connectivity index (χ3n) is 4.50. The van der Waals surface area contributed by atoms with Crippen LogP contribution in [0.4, 0.5) is 4.39 Å². The van der Waals surface area contributed by atoms with Gasteiger partial charge in [-0.1, -0.05) is 34.1 Å². The number of aliphatic hydroxyl groups excluding tert-OH is 1. The Bertz CT molecular complexity index is 904. The maximum atomic E-state index is 13.5. The number of ether oxygens (including phenoxy) is 1. The summed E-state index contributed by atoms with van der Waals surface area (Å²) in [5.41, 5.74) is 0. The highest BCUT2D eigenvalue weighted by atomic mass is 79.9. The highest BCUT2D eigenvalue weighted by Gasteiger charge is 2.29. The van der Waals surface area contributed by atoms with Crippen molar-refractivity contribution in [2.75, 3.05) is 39.3 Å². The molecule has 9 heteroatoms. The summed E-state index contributed by atoms with van der Waals surface area (Å²) >= 11 is 3.30. The number of β-amino-alcohol motifs (C(OH)–C–C–N with tert-alkyl or cyclic N) is 1. The van der Waals surface area contributed by atoms with Crippen LogP contribution < -0.4 is 4.74 Å². The lowest BCUT2D eigenvalue weighted by Crippen LogP contribution is -2.50. The van der Waals surface area contributed by atoms with E-state index >= 15 is 0 Å². The fraction of sp³-hybridized carbons (Fsp3) is 0.368. The van der Waals surface area contributed by atoms with Crippen molar-refractivity contribution < 1.29 is 22.7 Å². The maximum Gasteiger partial charge on any atom is 0.243 e. The Kier molecular flexibility index (Phi) is 7.05. The number of hydrogen-bond donors (Lipinski definition) is 1. The van der Waals surface area contributed by atoms with E-state index < -0.39 is 21.9 Å². The zero-order valence-corrected chi connectivity index (χ0v) is 17.6. The van der Waals surface area contributed by atoms with Crippen molar-refractivity contribution in [3.63, 3.8) is 0 Å². The van der Waals surface area contributed by atoms with Crippen LogP contribution in [0.3, 0.4) is 0 Å². The van der Waals surface area contributed by atoms with Gasteiger partial charge in [-0.3, -0.25) is 4.90 Å². The molecular formula is C19H22BrFN2O4S. The summed E-state index contributed by atoms with van der Waals surface area (Å²) in [6, 6.07) is 12.7. The standard InChI is InChI=1S/C19H22BrFN2O4S/c20-15-4-3-5-17(12-15)28(25,26)23-10-8-22(9-11-23)13-16(24)14-27-19-7-2-1-6-18(19)21/h1-7,12,16,24H,8-11,13-14H2. The van der Waals surface area contributed by atoms with Crippen molar-refractivity contribution in [2.24, 2.45) is 0 Å². The van der Waals surface area contributed by atoms with Gasteiger partial charge >= 0.3 is 0 Å². The van der Waals surface area contributed by atoms with Gasteiger partial charge in [0.1, 0.15) is 12.7 Å². The van der Waals surface area contributed by atoms with Gasteiger partial charge in [0.15, 0.2) is 11.6 Å². The molecule has 0 aromatic heterocycles. The number of benzene rings is 2. The third-order valence-corrected chi connectivity index (χ3v) is 6.89. The number of sulfonamides is 1. The van der Waals surface area contributed by atoms with Crippen LogP contribution in [0.1, 0.15) is 0 Å². The molecule has 0 spiro atoms. The van der Waals surface area contributed by atoms with Crippen molar-refractivity contribution in [1.29, 1.82) is 0 Å². The fourth-order valence-corrected chi connectivity index (χ4v) is 5.05. The molecule has 6 nitrogen and oxygen atoms in total. The molecule has 1 aliphatic rings. The quantitative estimate of drug-likeness (QED) is 0.669. The second-order valence-corrected chi connectivity index (χ2v) is 9.41. The van der Waals surface area contributed by atoms with Crippen LogP contribution in [0.5, 0.6) is 5.75 Å². The molecule has 152 valence electrons. The molecule has 1 atom stereocenters. The van der Waals surface area contributed by atoms with E-state index in [-0.39, 0.29) is 17.3 Å². The molecule has 1 unspecified atom stereocenters. The van der Waals surface area contributed by atoms with Crippen molar-refractivity contribution in [3.8, 4) is 5.75 Å². The number of hydrogen-bond acceptors (Lipinski definition) is 5. The molecule has 3 rings (SSSR count). The van der Waals surface area contributed by atoms with E-state index in [0.29, 0.717) is 37.2 Å². The number of halogens is 2. The molecule has 0 radical (unpaired) electrons. The molecule has 1 fully saturated rings. The minimum absolute atomic E-state index is 0.0303. The average molecular weight is 473 g/mol. The molecule has 2 aromatic rings. The minimum Gasteiger partial charge on any atom is -0.488 e. The lowest BCUT2D eigenvalue weighted by molar-refractivity contribution is 0.0557. The first-order valence-corrected chi connectivity index (χ1v) is 11.1. The SMILES string of the molecule is O=S(=O)(c1cccc(Br)c1)N1CCN(CC(O)COc2ccccc2F)CC1. The first-order chi connectivity index (χ1) is 13.4. The van der Waals surface area contributed by atoms with Crippen LogP contribution in [-0.2, 0) is 10.0 Å². The Labute approximate surface area is 172 Å². The average Bonchev–Trinajstić information content (AvgIpc) is 2.68. The highest BCUT2D eigenvalue weighted by Crippen LogP contribution is 2.21. The van der Waals surface area contributed by atoms with Crippen molar-refractivity contribution in [3.05, 3.63) is 58.8 Å². The third kappa shape index (κ3) is 5.30. The van der Waals surface area contributed by atoms with Crippen molar-refractivity contribution in [2.45, 2.75) is 11.0 Å². The van der Waals surface area contributed by atoms with Crippen molar-refractivity contribution in [1.82, 2.24) is 9.21 Å². The molecule has 1 aliphatic heterocycles. The van der Waals surface area contributed by atoms with E-state index in [9.17, 15) is 17.9 Å². The van der Waals surface area contributed by atoms with Crippen LogP contribution in [0.25, 0.3) is 0 Å². The Morgan fingerprint density at radius 2 is 1.82 bits per heavy atom. The van der Waals surface area contributed by atoms with E-state index in [1.165, 1.54) is 16.4 Å². The first-order valence-electron chi connectivity index (χ1n) is 8.90. The Morgan fingerprint density at radius 3 is 2.50 bits per heavy atom. The molecule has 0 aliphatic carbocycles. The van der Waals surface area contributed by atoms with Crippen LogP contribution >= 0.6 is 15.9 Å². The van der Waals surface area contributed by atoms with E-state index in [4.69, 9.17) is 4.74 Å². The van der Waals surface area contributed by atoms with Crippen LogP contribution in [0.15, 0.2) is 57.9 Å². The van der Waals surface area contributed by atoms with Gasteiger partial charge in [0, 0.05) is 37.2 Å². The summed E-state index contributed by atoms with van der Waals surface area (Å²) in [6.07, 6.45) is -0.798. The summed E-state index contributed by atoms with van der Waals surface area (Å²) in [6.45, 7) is 2.00. The van der Waals surface area contributed by atoms with Crippen LogP contribution in [0, 0.1) is 5.82 Å². The molecule has 2 aromatic carbocycles. The lowest BCUT2D eigenvalue weighted by atomic mass is 10.3. The second-order valence-electron chi connectivity index (χ2n) is 6.56. The van der Waals surface area contributed by atoms with E-state index in [2.05, 4.69) is 15.9 Å². The zero-order chi connectivity index (χ0) is 20.1. The van der Waals surface area contributed by atoms with Crippen LogP contribution in [-0.4, -0.2) is 68.2 Å². The van der Waals surface area contributed by atoms with Gasteiger partial charge in [0.25, 0.3) is 0 Å². The van der Waals surface area contributed by atoms with Crippen molar-refractivity contribution >= 4 is 26.0 Å². The zero-order valence-electron chi connectivity index (χ0n) is 15.2. The molecule has 28 heavy (non-hydrogen) atoms. The Morgan fingerprint density at radius 1 is 1.11 bits per heavy atom. The fourth-order valence-electron chi connectivity index (χ4n) is 3.03. The number of aliphatic hydroxyl groups is 1. The van der Waals surface area contributed by atoms with Gasteiger partial charge in [-0.05, 0) is 30.3 Å². The number of rotatable bonds is 7. The largest absolute Gasteiger partial charge is 0.488 e. The monoisotopic (exact) mass is 472 g/mol. The molecule has 1 N–H and O–H groups in total. The molecule has 0 saturated carbocycles. The highest BCUT2D eigenvalue weighted by molar-refractivity contribution is 9.10. The Hall–Kier alpha value is -1.52. The summed E-state index contributed by atoms with van der Waals surface area (Å²) < 4.78 is 46.5.